The first-order valence-electron chi connectivity index (χ1n) is 10.9. The van der Waals surface area contributed by atoms with Crippen LogP contribution >= 0.6 is 34.7 Å². The zero-order valence-electron chi connectivity index (χ0n) is 18.6. The van der Waals surface area contributed by atoms with Crippen molar-refractivity contribution < 1.29 is 4.74 Å². The van der Waals surface area contributed by atoms with Crippen molar-refractivity contribution in [2.75, 3.05) is 0 Å². The number of nitrogens with zero attached hydrogens (tertiary/aromatic N) is 4. The summed E-state index contributed by atoms with van der Waals surface area (Å²) >= 11 is 9.54. The van der Waals surface area contributed by atoms with Gasteiger partial charge in [-0.25, -0.2) is 8.97 Å². The summed E-state index contributed by atoms with van der Waals surface area (Å²) < 4.78 is 9.75. The number of halogens is 1. The van der Waals surface area contributed by atoms with Crippen LogP contribution < -0.4 is 5.56 Å². The van der Waals surface area contributed by atoms with E-state index in [0.29, 0.717) is 24.6 Å². The van der Waals surface area contributed by atoms with Crippen LogP contribution in [0, 0.1) is 0 Å². The van der Waals surface area contributed by atoms with Crippen LogP contribution in [0.25, 0.3) is 21.7 Å². The van der Waals surface area contributed by atoms with Gasteiger partial charge in [-0.15, -0.1) is 21.5 Å². The van der Waals surface area contributed by atoms with Crippen LogP contribution in [0.4, 0.5) is 0 Å². The van der Waals surface area contributed by atoms with Gasteiger partial charge in [0.05, 0.1) is 23.3 Å². The predicted octanol–water partition coefficient (Wildman–Crippen LogP) is 5.89. The summed E-state index contributed by atoms with van der Waals surface area (Å²) in [5, 5.41) is 11.2. The Labute approximate surface area is 209 Å². The van der Waals surface area contributed by atoms with E-state index < -0.39 is 0 Å². The molecule has 0 saturated heterocycles. The zero-order valence-corrected chi connectivity index (χ0v) is 21.0. The fraction of sp³-hybridized carbons (Fsp3) is 0.240. The van der Waals surface area contributed by atoms with Crippen molar-refractivity contribution in [1.82, 2.24) is 19.2 Å². The second kappa shape index (κ2) is 8.23. The molecule has 34 heavy (non-hydrogen) atoms. The third-order valence-electron chi connectivity index (χ3n) is 6.03. The van der Waals surface area contributed by atoms with E-state index in [1.807, 2.05) is 59.0 Å². The van der Waals surface area contributed by atoms with E-state index in [4.69, 9.17) is 16.3 Å². The molecule has 2 aromatic carbocycles. The highest BCUT2D eigenvalue weighted by atomic mass is 35.5. The number of fused-ring (bicyclic) bond motifs is 5. The molecule has 1 aliphatic heterocycles. The molecule has 0 saturated carbocycles. The molecule has 0 aliphatic carbocycles. The molecule has 0 spiro atoms. The number of thiophene rings is 1. The Morgan fingerprint density at radius 1 is 1.12 bits per heavy atom. The molecule has 4 heterocycles. The molecule has 172 valence electrons. The Kier molecular flexibility index (Phi) is 5.29. The SMILES string of the molecule is CC1(C)Cc2c(sc3c2c(=O)n(-c2ccccc2)c2nnc(SCc4ccccc4Cl)n32)CO1. The monoisotopic (exact) mass is 508 g/mol. The van der Waals surface area contributed by atoms with E-state index >= 15 is 0 Å². The molecule has 0 atom stereocenters. The van der Waals surface area contributed by atoms with Crippen molar-refractivity contribution in [2.45, 2.75) is 43.4 Å². The standard InChI is InChI=1S/C25H21ClN4O2S2/c1-25(2)12-17-19(13-32-25)34-22-20(17)21(31)29(16-9-4-3-5-10-16)23-27-28-24(30(22)23)33-14-15-8-6-7-11-18(15)26/h3-11H,12-14H2,1-2H3. The summed E-state index contributed by atoms with van der Waals surface area (Å²) in [5.41, 5.74) is 2.47. The van der Waals surface area contributed by atoms with Gasteiger partial charge in [0.15, 0.2) is 5.16 Å². The van der Waals surface area contributed by atoms with Crippen LogP contribution in [0.3, 0.4) is 0 Å². The van der Waals surface area contributed by atoms with Gasteiger partial charge in [0.25, 0.3) is 5.56 Å². The Hall–Kier alpha value is -2.65. The molecule has 6 nitrogen and oxygen atoms in total. The number of para-hydroxylation sites is 1. The van der Waals surface area contributed by atoms with Crippen LogP contribution in [-0.4, -0.2) is 24.8 Å². The summed E-state index contributed by atoms with van der Waals surface area (Å²) in [6.45, 7) is 4.63. The number of ether oxygens (including phenoxy) is 1. The van der Waals surface area contributed by atoms with Gasteiger partial charge in [0.2, 0.25) is 5.78 Å². The van der Waals surface area contributed by atoms with E-state index in [1.165, 1.54) is 0 Å². The van der Waals surface area contributed by atoms with Crippen molar-refractivity contribution in [3.63, 3.8) is 0 Å². The Bertz CT molecular complexity index is 1600. The number of aromatic nitrogens is 4. The molecule has 0 amide bonds. The molecular weight excluding hydrogens is 488 g/mol. The summed E-state index contributed by atoms with van der Waals surface area (Å²) in [6.07, 6.45) is 0.683. The molecule has 6 rings (SSSR count). The van der Waals surface area contributed by atoms with Gasteiger partial charge in [-0.2, -0.15) is 0 Å². The van der Waals surface area contributed by atoms with Gasteiger partial charge in [-0.3, -0.25) is 4.79 Å². The molecule has 0 bridgehead atoms. The Morgan fingerprint density at radius 2 is 1.88 bits per heavy atom. The first-order chi connectivity index (χ1) is 16.4. The quantitative estimate of drug-likeness (QED) is 0.283. The highest BCUT2D eigenvalue weighted by molar-refractivity contribution is 7.98. The highest BCUT2D eigenvalue weighted by Gasteiger charge is 2.32. The largest absolute Gasteiger partial charge is 0.370 e. The molecular formula is C25H21ClN4O2S2. The lowest BCUT2D eigenvalue weighted by Gasteiger charge is -2.29. The minimum absolute atomic E-state index is 0.0704. The van der Waals surface area contributed by atoms with Crippen molar-refractivity contribution in [3.8, 4) is 5.69 Å². The van der Waals surface area contributed by atoms with Gasteiger partial charge >= 0.3 is 0 Å². The number of benzene rings is 2. The molecule has 0 unspecified atom stereocenters. The average molecular weight is 509 g/mol. The minimum atomic E-state index is -0.325. The maximum absolute atomic E-state index is 13.9. The average Bonchev–Trinajstić information content (AvgIpc) is 3.40. The zero-order chi connectivity index (χ0) is 23.4. The van der Waals surface area contributed by atoms with Gasteiger partial charge in [-0.1, -0.05) is 59.8 Å². The number of rotatable bonds is 4. The second-order valence-corrected chi connectivity index (χ2v) is 11.3. The van der Waals surface area contributed by atoms with E-state index in [9.17, 15) is 4.79 Å². The highest BCUT2D eigenvalue weighted by Crippen LogP contribution is 2.39. The summed E-state index contributed by atoms with van der Waals surface area (Å²) in [6, 6.07) is 17.4. The van der Waals surface area contributed by atoms with Crippen LogP contribution in [0.2, 0.25) is 5.02 Å². The fourth-order valence-corrected chi connectivity index (χ4v) is 6.86. The first-order valence-corrected chi connectivity index (χ1v) is 13.1. The molecule has 0 N–H and O–H groups in total. The molecule has 5 aromatic rings. The van der Waals surface area contributed by atoms with Crippen molar-refractivity contribution in [2.24, 2.45) is 0 Å². The summed E-state index contributed by atoms with van der Waals surface area (Å²) in [7, 11) is 0. The van der Waals surface area contributed by atoms with Crippen LogP contribution in [0.1, 0.15) is 29.9 Å². The van der Waals surface area contributed by atoms with Crippen LogP contribution in [0.5, 0.6) is 0 Å². The van der Waals surface area contributed by atoms with Crippen LogP contribution in [0.15, 0.2) is 64.5 Å². The molecule has 1 aliphatic rings. The summed E-state index contributed by atoms with van der Waals surface area (Å²) in [5.74, 6) is 1.15. The maximum Gasteiger partial charge on any atom is 0.268 e. The number of hydrogen-bond acceptors (Lipinski definition) is 6. The first kappa shape index (κ1) is 21.9. The van der Waals surface area contributed by atoms with Gasteiger partial charge in [-0.05, 0) is 43.2 Å². The maximum atomic E-state index is 13.9. The molecule has 9 heteroatoms. The minimum Gasteiger partial charge on any atom is -0.370 e. The lowest BCUT2D eigenvalue weighted by atomic mass is 9.94. The lowest BCUT2D eigenvalue weighted by Crippen LogP contribution is -2.32. The van der Waals surface area contributed by atoms with Crippen molar-refractivity contribution >= 4 is 50.7 Å². The summed E-state index contributed by atoms with van der Waals surface area (Å²) in [4.78, 5) is 15.9. The van der Waals surface area contributed by atoms with Crippen LogP contribution in [-0.2, 0) is 23.5 Å². The normalized spacial score (nSPS) is 15.1. The van der Waals surface area contributed by atoms with Gasteiger partial charge < -0.3 is 4.74 Å². The smallest absolute Gasteiger partial charge is 0.268 e. The van der Waals surface area contributed by atoms with E-state index in [1.54, 1.807) is 27.7 Å². The third-order valence-corrected chi connectivity index (χ3v) is 8.57. The molecule has 0 radical (unpaired) electrons. The molecule has 0 fully saturated rings. The van der Waals surface area contributed by atoms with E-state index in [2.05, 4.69) is 24.0 Å². The molecule has 3 aromatic heterocycles. The Morgan fingerprint density at radius 3 is 2.68 bits per heavy atom. The Balaban J connectivity index is 1.61. The third kappa shape index (κ3) is 3.56. The fourth-order valence-electron chi connectivity index (χ4n) is 4.37. The second-order valence-electron chi connectivity index (χ2n) is 8.88. The van der Waals surface area contributed by atoms with Crippen molar-refractivity contribution in [3.05, 3.63) is 86.0 Å². The predicted molar refractivity (Wildman–Crippen MR) is 138 cm³/mol. The van der Waals surface area contributed by atoms with Gasteiger partial charge in [0, 0.05) is 22.1 Å². The van der Waals surface area contributed by atoms with Gasteiger partial charge in [0.1, 0.15) is 4.83 Å². The van der Waals surface area contributed by atoms with E-state index in [0.717, 1.165) is 42.1 Å². The topological polar surface area (TPSA) is 61.4 Å². The number of hydrogen-bond donors (Lipinski definition) is 0. The van der Waals surface area contributed by atoms with E-state index in [-0.39, 0.29) is 11.2 Å². The number of thioether (sulfide) groups is 1. The lowest BCUT2D eigenvalue weighted by molar-refractivity contribution is -0.0379. The van der Waals surface area contributed by atoms with Crippen molar-refractivity contribution in [1.29, 1.82) is 0 Å².